The summed E-state index contributed by atoms with van der Waals surface area (Å²) in [6.45, 7) is 1.82. The average molecular weight is 286 g/mol. The molecule has 1 aromatic heterocycles. The molecule has 0 atom stereocenters. The fourth-order valence-electron chi connectivity index (χ4n) is 1.47. The van der Waals surface area contributed by atoms with Crippen molar-refractivity contribution in [3.05, 3.63) is 52.4 Å². The second kappa shape index (κ2) is 5.55. The quantitative estimate of drug-likeness (QED) is 0.762. The first-order chi connectivity index (χ1) is 8.61. The van der Waals surface area contributed by atoms with Gasteiger partial charge in [0.25, 0.3) is 5.88 Å². The maximum absolute atomic E-state index is 13.9. The van der Waals surface area contributed by atoms with Crippen LogP contribution >= 0.6 is 23.2 Å². The zero-order valence-corrected chi connectivity index (χ0v) is 11.1. The van der Waals surface area contributed by atoms with E-state index in [0.29, 0.717) is 16.3 Å². The minimum absolute atomic E-state index is 0.0737. The van der Waals surface area contributed by atoms with Crippen LogP contribution in [0.15, 0.2) is 30.5 Å². The van der Waals surface area contributed by atoms with E-state index in [-0.39, 0.29) is 11.8 Å². The third-order valence-electron chi connectivity index (χ3n) is 2.42. The van der Waals surface area contributed by atoms with Gasteiger partial charge in [0.1, 0.15) is 5.75 Å². The molecule has 0 aliphatic heterocycles. The predicted molar refractivity (Wildman–Crippen MR) is 70.0 cm³/mol. The van der Waals surface area contributed by atoms with Crippen LogP contribution in [-0.4, -0.2) is 4.98 Å². The second-order valence-corrected chi connectivity index (χ2v) is 4.44. The Hall–Kier alpha value is -1.32. The highest BCUT2D eigenvalue weighted by Gasteiger charge is 2.12. The molecule has 0 saturated heterocycles. The van der Waals surface area contributed by atoms with Crippen molar-refractivity contribution >= 4 is 23.2 Å². The van der Waals surface area contributed by atoms with Gasteiger partial charge in [0, 0.05) is 16.8 Å². The van der Waals surface area contributed by atoms with Crippen LogP contribution in [0.1, 0.15) is 11.1 Å². The largest absolute Gasteiger partial charge is 0.436 e. The zero-order chi connectivity index (χ0) is 13.1. The number of alkyl halides is 1. The number of ether oxygens (including phenoxy) is 1. The molecule has 1 aromatic carbocycles. The Morgan fingerprint density at radius 3 is 2.78 bits per heavy atom. The van der Waals surface area contributed by atoms with E-state index in [1.807, 2.05) is 6.92 Å². The Bertz CT molecular complexity index is 575. The van der Waals surface area contributed by atoms with Crippen molar-refractivity contribution in [2.75, 3.05) is 0 Å². The first-order valence-electron chi connectivity index (χ1n) is 5.25. The number of halogens is 3. The van der Waals surface area contributed by atoms with E-state index >= 15 is 0 Å². The van der Waals surface area contributed by atoms with E-state index in [2.05, 4.69) is 4.98 Å². The predicted octanol–water partition coefficient (Wildman–Crippen LogP) is 4.71. The van der Waals surface area contributed by atoms with Gasteiger partial charge < -0.3 is 4.74 Å². The van der Waals surface area contributed by atoms with Gasteiger partial charge in [0.05, 0.1) is 5.88 Å². The Kier molecular flexibility index (Phi) is 4.04. The number of aryl methyl sites for hydroxylation is 1. The number of hydrogen-bond donors (Lipinski definition) is 0. The number of pyridine rings is 1. The van der Waals surface area contributed by atoms with Crippen LogP contribution in [0.4, 0.5) is 4.39 Å². The third-order valence-corrected chi connectivity index (χ3v) is 2.95. The van der Waals surface area contributed by atoms with Crippen LogP contribution < -0.4 is 4.74 Å². The summed E-state index contributed by atoms with van der Waals surface area (Å²) in [4.78, 5) is 3.86. The van der Waals surface area contributed by atoms with E-state index in [4.69, 9.17) is 27.9 Å². The van der Waals surface area contributed by atoms with Gasteiger partial charge in [-0.1, -0.05) is 11.6 Å². The Balaban J connectivity index is 2.34. The van der Waals surface area contributed by atoms with Crippen LogP contribution in [0.2, 0.25) is 5.02 Å². The van der Waals surface area contributed by atoms with Crippen molar-refractivity contribution in [1.82, 2.24) is 4.98 Å². The summed E-state index contributed by atoms with van der Waals surface area (Å²) >= 11 is 11.5. The molecule has 0 radical (unpaired) electrons. The molecule has 2 aromatic rings. The Morgan fingerprint density at radius 2 is 2.11 bits per heavy atom. The molecule has 0 fully saturated rings. The second-order valence-electron chi connectivity index (χ2n) is 3.73. The fourth-order valence-corrected chi connectivity index (χ4v) is 1.90. The average Bonchev–Trinajstić information content (AvgIpc) is 2.35. The SMILES string of the molecule is Cc1cc(Cl)ccc1Oc1nccc(CCl)c1F. The molecule has 0 saturated carbocycles. The highest BCUT2D eigenvalue weighted by molar-refractivity contribution is 6.30. The molecule has 1 heterocycles. The normalized spacial score (nSPS) is 10.4. The van der Waals surface area contributed by atoms with E-state index < -0.39 is 5.82 Å². The van der Waals surface area contributed by atoms with Crippen LogP contribution in [0.3, 0.4) is 0 Å². The standard InChI is InChI=1S/C13H10Cl2FNO/c1-8-6-10(15)2-3-11(8)18-13-12(16)9(7-14)4-5-17-13/h2-6H,7H2,1H3. The summed E-state index contributed by atoms with van der Waals surface area (Å²) in [5.74, 6) is -0.0393. The molecule has 0 N–H and O–H groups in total. The fraction of sp³-hybridized carbons (Fsp3) is 0.154. The molecular formula is C13H10Cl2FNO. The Labute approximate surface area is 114 Å². The van der Waals surface area contributed by atoms with Crippen molar-refractivity contribution in [2.45, 2.75) is 12.8 Å². The molecule has 0 unspecified atom stereocenters. The van der Waals surface area contributed by atoms with Crippen molar-refractivity contribution < 1.29 is 9.13 Å². The number of nitrogens with zero attached hydrogens (tertiary/aromatic N) is 1. The van der Waals surface area contributed by atoms with Crippen molar-refractivity contribution in [3.8, 4) is 11.6 Å². The van der Waals surface area contributed by atoms with Gasteiger partial charge in [-0.05, 0) is 36.8 Å². The summed E-state index contributed by atoms with van der Waals surface area (Å²) < 4.78 is 19.3. The highest BCUT2D eigenvalue weighted by atomic mass is 35.5. The smallest absolute Gasteiger partial charge is 0.256 e. The molecule has 94 valence electrons. The lowest BCUT2D eigenvalue weighted by Crippen LogP contribution is -1.96. The van der Waals surface area contributed by atoms with Gasteiger partial charge in [-0.15, -0.1) is 11.6 Å². The van der Waals surface area contributed by atoms with Crippen LogP contribution in [0.25, 0.3) is 0 Å². The van der Waals surface area contributed by atoms with E-state index in [1.165, 1.54) is 12.3 Å². The van der Waals surface area contributed by atoms with Crippen molar-refractivity contribution in [1.29, 1.82) is 0 Å². The molecule has 18 heavy (non-hydrogen) atoms. The molecule has 0 spiro atoms. The van der Waals surface area contributed by atoms with Crippen LogP contribution in [-0.2, 0) is 5.88 Å². The van der Waals surface area contributed by atoms with E-state index in [9.17, 15) is 4.39 Å². The maximum Gasteiger partial charge on any atom is 0.256 e. The van der Waals surface area contributed by atoms with Gasteiger partial charge in [-0.2, -0.15) is 0 Å². The summed E-state index contributed by atoms with van der Waals surface area (Å²) in [7, 11) is 0. The van der Waals surface area contributed by atoms with Crippen LogP contribution in [0, 0.1) is 12.7 Å². The number of benzene rings is 1. The first-order valence-corrected chi connectivity index (χ1v) is 6.16. The lowest BCUT2D eigenvalue weighted by molar-refractivity contribution is 0.418. The Morgan fingerprint density at radius 1 is 1.33 bits per heavy atom. The minimum atomic E-state index is -0.540. The molecule has 0 amide bonds. The molecule has 5 heteroatoms. The zero-order valence-electron chi connectivity index (χ0n) is 9.58. The van der Waals surface area contributed by atoms with Gasteiger partial charge in [-0.3, -0.25) is 0 Å². The minimum Gasteiger partial charge on any atom is -0.436 e. The summed E-state index contributed by atoms with van der Waals surface area (Å²) in [6, 6.07) is 6.60. The third kappa shape index (κ3) is 2.74. The molecule has 0 aliphatic carbocycles. The number of hydrogen-bond acceptors (Lipinski definition) is 2. The monoisotopic (exact) mass is 285 g/mol. The number of aromatic nitrogens is 1. The molecule has 2 nitrogen and oxygen atoms in total. The van der Waals surface area contributed by atoms with Gasteiger partial charge in [0.2, 0.25) is 0 Å². The molecule has 0 aliphatic rings. The van der Waals surface area contributed by atoms with E-state index in [0.717, 1.165) is 5.56 Å². The van der Waals surface area contributed by atoms with Crippen molar-refractivity contribution in [2.24, 2.45) is 0 Å². The lowest BCUT2D eigenvalue weighted by Gasteiger charge is -2.09. The molecule has 2 rings (SSSR count). The molecule has 0 bridgehead atoms. The maximum atomic E-state index is 13.9. The first kappa shape index (κ1) is 13.1. The summed E-state index contributed by atoms with van der Waals surface area (Å²) in [5.41, 5.74) is 1.16. The topological polar surface area (TPSA) is 22.1 Å². The lowest BCUT2D eigenvalue weighted by atomic mass is 10.2. The summed E-state index contributed by atoms with van der Waals surface area (Å²) in [6.07, 6.45) is 1.46. The highest BCUT2D eigenvalue weighted by Crippen LogP contribution is 2.28. The van der Waals surface area contributed by atoms with E-state index in [1.54, 1.807) is 18.2 Å². The number of rotatable bonds is 3. The van der Waals surface area contributed by atoms with Crippen molar-refractivity contribution in [3.63, 3.8) is 0 Å². The molecular weight excluding hydrogens is 276 g/mol. The summed E-state index contributed by atoms with van der Waals surface area (Å²) in [5, 5.41) is 0.600. The van der Waals surface area contributed by atoms with Gasteiger partial charge in [0.15, 0.2) is 5.82 Å². The van der Waals surface area contributed by atoms with Gasteiger partial charge in [-0.25, -0.2) is 9.37 Å². The van der Waals surface area contributed by atoms with Gasteiger partial charge >= 0.3 is 0 Å². The van der Waals surface area contributed by atoms with Crippen LogP contribution in [0.5, 0.6) is 11.6 Å².